The Kier molecular flexibility index (Phi) is 5.62. The molecule has 4 nitrogen and oxygen atoms in total. The van der Waals surface area contributed by atoms with Crippen LogP contribution in [-0.4, -0.2) is 20.2 Å². The second kappa shape index (κ2) is 9.23. The van der Waals surface area contributed by atoms with E-state index in [1.807, 2.05) is 28.9 Å². The monoisotopic (exact) mass is 466 g/mol. The van der Waals surface area contributed by atoms with E-state index in [4.69, 9.17) is 10.3 Å². The van der Waals surface area contributed by atoms with Gasteiger partial charge in [0.25, 0.3) is 0 Å². The molecule has 4 aromatic carbocycles. The van der Waals surface area contributed by atoms with Crippen molar-refractivity contribution in [2.45, 2.75) is 17.4 Å². The first-order chi connectivity index (χ1) is 17.9. The van der Waals surface area contributed by atoms with Crippen LogP contribution in [0, 0.1) is 0 Å². The molecule has 0 fully saturated rings. The van der Waals surface area contributed by atoms with Gasteiger partial charge in [0.05, 0.1) is 5.41 Å². The van der Waals surface area contributed by atoms with Crippen molar-refractivity contribution < 1.29 is 0 Å². The number of hydrogen-bond acceptors (Lipinski definition) is 3. The Bertz CT molecular complexity index is 1390. The lowest BCUT2D eigenvalue weighted by Gasteiger charge is -2.39. The van der Waals surface area contributed by atoms with Gasteiger partial charge in [-0.25, -0.2) is 4.68 Å². The minimum atomic E-state index is -0.778. The maximum Gasteiger partial charge on any atom is 0.167 e. The second-order valence-corrected chi connectivity index (χ2v) is 9.05. The molecule has 0 bridgehead atoms. The second-order valence-electron chi connectivity index (χ2n) is 9.05. The maximum absolute atomic E-state index is 4.76. The summed E-state index contributed by atoms with van der Waals surface area (Å²) in [6.07, 6.45) is 9.39. The van der Waals surface area contributed by atoms with E-state index in [9.17, 15) is 0 Å². The fourth-order valence-electron chi connectivity index (χ4n) is 5.46. The predicted octanol–water partition coefficient (Wildman–Crippen LogP) is 6.32. The quantitative estimate of drug-likeness (QED) is 0.275. The number of tetrazole rings is 1. The van der Waals surface area contributed by atoms with Gasteiger partial charge in [-0.05, 0) is 39.1 Å². The summed E-state index contributed by atoms with van der Waals surface area (Å²) in [6, 6.07) is 42.1. The zero-order valence-electron chi connectivity index (χ0n) is 19.9. The highest BCUT2D eigenvalue weighted by Crippen LogP contribution is 2.45. The number of allylic oxidation sites excluding steroid dienone is 4. The van der Waals surface area contributed by atoms with E-state index in [-0.39, 0.29) is 0 Å². The van der Waals surface area contributed by atoms with Crippen LogP contribution in [0.4, 0.5) is 0 Å². The lowest BCUT2D eigenvalue weighted by Crippen LogP contribution is -2.43. The molecule has 0 spiro atoms. The van der Waals surface area contributed by atoms with E-state index in [0.717, 1.165) is 34.5 Å². The molecule has 0 aliphatic heterocycles. The Balaban J connectivity index is 1.73. The first-order valence-electron chi connectivity index (χ1n) is 12.2. The number of nitrogens with zero attached hydrogens (tertiary/aromatic N) is 4. The van der Waals surface area contributed by atoms with E-state index in [1.54, 1.807) is 0 Å². The zero-order valence-corrected chi connectivity index (χ0v) is 19.9. The Morgan fingerprint density at radius 2 is 1.11 bits per heavy atom. The van der Waals surface area contributed by atoms with Crippen molar-refractivity contribution in [2.75, 3.05) is 0 Å². The third-order valence-corrected chi connectivity index (χ3v) is 7.12. The molecule has 1 unspecified atom stereocenters. The van der Waals surface area contributed by atoms with Crippen LogP contribution in [0.15, 0.2) is 146 Å². The highest BCUT2D eigenvalue weighted by Gasteiger charge is 2.46. The minimum absolute atomic E-state index is 0.511. The molecule has 0 amide bonds. The van der Waals surface area contributed by atoms with Gasteiger partial charge in [0, 0.05) is 0 Å². The van der Waals surface area contributed by atoms with Gasteiger partial charge in [-0.2, -0.15) is 0 Å². The van der Waals surface area contributed by atoms with E-state index in [0.29, 0.717) is 0 Å². The summed E-state index contributed by atoms with van der Waals surface area (Å²) in [5.41, 5.74) is 3.14. The van der Waals surface area contributed by atoms with Crippen LogP contribution in [0.1, 0.15) is 34.5 Å². The molecular formula is C32H26N4. The molecule has 1 heterocycles. The predicted molar refractivity (Wildman–Crippen MR) is 143 cm³/mol. The topological polar surface area (TPSA) is 43.6 Å². The average molecular weight is 467 g/mol. The van der Waals surface area contributed by atoms with Crippen molar-refractivity contribution in [3.8, 4) is 0 Å². The molecule has 1 aliphatic carbocycles. The van der Waals surface area contributed by atoms with Crippen molar-refractivity contribution in [3.63, 3.8) is 0 Å². The zero-order chi connectivity index (χ0) is 24.3. The van der Waals surface area contributed by atoms with Crippen LogP contribution >= 0.6 is 0 Å². The Labute approximate surface area is 211 Å². The molecule has 5 aromatic rings. The summed E-state index contributed by atoms with van der Waals surface area (Å²) >= 11 is 0. The van der Waals surface area contributed by atoms with Crippen LogP contribution in [0.25, 0.3) is 0 Å². The standard InChI is InChI=1S/C32H26N4/c1-6-16-26(17-7-1)31(24-14-5-15-25-31)30-33-34-35-36(30)32(27-18-8-2-9-19-27,28-20-10-3-11-21-28)29-22-12-4-13-23-29/h1-24H,25H2. The van der Waals surface area contributed by atoms with E-state index in [2.05, 4.69) is 127 Å². The van der Waals surface area contributed by atoms with E-state index >= 15 is 0 Å². The van der Waals surface area contributed by atoms with Gasteiger partial charge in [-0.3, -0.25) is 0 Å². The van der Waals surface area contributed by atoms with Gasteiger partial charge in [0.15, 0.2) is 5.82 Å². The first kappa shape index (κ1) is 21.9. The number of hydrogen-bond donors (Lipinski definition) is 0. The summed E-state index contributed by atoms with van der Waals surface area (Å²) in [5.74, 6) is 0.797. The van der Waals surface area contributed by atoms with Crippen LogP contribution in [0.2, 0.25) is 0 Å². The third kappa shape index (κ3) is 3.42. The highest BCUT2D eigenvalue weighted by atomic mass is 15.6. The molecule has 0 N–H and O–H groups in total. The Morgan fingerprint density at radius 1 is 0.611 bits per heavy atom. The SMILES string of the molecule is C1=CCC(c2ccccc2)(c2nnnn2C(c2ccccc2)(c2ccccc2)c2ccccc2)C=C1. The van der Waals surface area contributed by atoms with Gasteiger partial charge in [0.1, 0.15) is 5.54 Å². The van der Waals surface area contributed by atoms with Crippen LogP contribution in [0.5, 0.6) is 0 Å². The first-order valence-corrected chi connectivity index (χ1v) is 12.2. The molecule has 1 aliphatic rings. The van der Waals surface area contributed by atoms with Crippen molar-refractivity contribution in [1.82, 2.24) is 20.2 Å². The molecule has 1 atom stereocenters. The lowest BCUT2D eigenvalue weighted by molar-refractivity contribution is 0.404. The Hall–Kier alpha value is -4.57. The van der Waals surface area contributed by atoms with Crippen molar-refractivity contribution in [1.29, 1.82) is 0 Å². The highest BCUT2D eigenvalue weighted by molar-refractivity contribution is 5.52. The third-order valence-electron chi connectivity index (χ3n) is 7.12. The van der Waals surface area contributed by atoms with E-state index in [1.165, 1.54) is 0 Å². The maximum atomic E-state index is 4.76. The summed E-state index contributed by atoms with van der Waals surface area (Å²) in [5, 5.41) is 13.8. The summed E-state index contributed by atoms with van der Waals surface area (Å²) < 4.78 is 2.05. The van der Waals surface area contributed by atoms with Crippen LogP contribution < -0.4 is 0 Å². The number of benzene rings is 4. The summed E-state index contributed by atoms with van der Waals surface area (Å²) in [6.45, 7) is 0. The van der Waals surface area contributed by atoms with Crippen molar-refractivity contribution in [3.05, 3.63) is 174 Å². The fraction of sp³-hybridized carbons (Fsp3) is 0.0938. The van der Waals surface area contributed by atoms with Crippen molar-refractivity contribution in [2.24, 2.45) is 0 Å². The largest absolute Gasteiger partial charge is 0.209 e. The lowest BCUT2D eigenvalue weighted by atomic mass is 9.72. The molecule has 0 radical (unpaired) electrons. The summed E-state index contributed by atoms with van der Waals surface area (Å²) in [4.78, 5) is 0. The molecule has 1 aromatic heterocycles. The molecule has 36 heavy (non-hydrogen) atoms. The fourth-order valence-corrected chi connectivity index (χ4v) is 5.46. The average Bonchev–Trinajstić information content (AvgIpc) is 3.47. The minimum Gasteiger partial charge on any atom is -0.209 e. The van der Waals surface area contributed by atoms with Crippen LogP contribution in [0.3, 0.4) is 0 Å². The number of aromatic nitrogens is 4. The number of rotatable bonds is 6. The molecule has 6 rings (SSSR count). The molecule has 0 saturated heterocycles. The normalized spacial score (nSPS) is 17.2. The summed E-state index contributed by atoms with van der Waals surface area (Å²) in [7, 11) is 0. The smallest absolute Gasteiger partial charge is 0.167 e. The molecular weight excluding hydrogens is 440 g/mol. The van der Waals surface area contributed by atoms with Gasteiger partial charge in [-0.1, -0.05) is 146 Å². The van der Waals surface area contributed by atoms with Gasteiger partial charge < -0.3 is 0 Å². The molecule has 4 heteroatoms. The van der Waals surface area contributed by atoms with Gasteiger partial charge in [0.2, 0.25) is 0 Å². The molecule has 0 saturated carbocycles. The van der Waals surface area contributed by atoms with Gasteiger partial charge in [-0.15, -0.1) is 5.10 Å². The van der Waals surface area contributed by atoms with Crippen LogP contribution in [-0.2, 0) is 11.0 Å². The van der Waals surface area contributed by atoms with Crippen molar-refractivity contribution >= 4 is 0 Å². The Morgan fingerprint density at radius 3 is 1.58 bits per heavy atom. The molecule has 174 valence electrons. The van der Waals surface area contributed by atoms with Gasteiger partial charge >= 0.3 is 0 Å². The van der Waals surface area contributed by atoms with E-state index < -0.39 is 11.0 Å².